The number of methoxy groups -OCH3 is 1. The predicted octanol–water partition coefficient (Wildman–Crippen LogP) is 6.41. The number of ether oxygens (including phenoxy) is 1. The van der Waals surface area contributed by atoms with Gasteiger partial charge in [0.15, 0.2) is 0 Å². The molecule has 4 aromatic rings. The highest BCUT2D eigenvalue weighted by Crippen LogP contribution is 2.27. The number of carbonyl (C=O) groups is 2. The number of carbonyl (C=O) groups excluding carboxylic acids is 2. The Morgan fingerprint density at radius 1 is 0.891 bits per heavy atom. The SMILES string of the molecule is CCCCNC(=O)[C@@H](Cc1ccccc1)N(Cc1cccc(OC)c1)C(=O)CN(c1ccc(C)cc1)S(=O)(=O)c1ccc(Cl)cc1. The maximum absolute atomic E-state index is 14.5. The van der Waals surface area contributed by atoms with Crippen molar-refractivity contribution < 1.29 is 22.7 Å². The molecule has 4 aromatic carbocycles. The van der Waals surface area contributed by atoms with Gasteiger partial charge in [0.05, 0.1) is 17.7 Å². The van der Waals surface area contributed by atoms with Gasteiger partial charge in [-0.25, -0.2) is 8.42 Å². The van der Waals surface area contributed by atoms with Gasteiger partial charge < -0.3 is 15.0 Å². The van der Waals surface area contributed by atoms with E-state index in [1.807, 2.05) is 56.3 Å². The Balaban J connectivity index is 1.79. The third kappa shape index (κ3) is 9.11. The number of sulfonamides is 1. The summed E-state index contributed by atoms with van der Waals surface area (Å²) in [6.07, 6.45) is 1.92. The van der Waals surface area contributed by atoms with Crippen molar-refractivity contribution in [2.24, 2.45) is 0 Å². The molecule has 0 aromatic heterocycles. The molecule has 242 valence electrons. The minimum Gasteiger partial charge on any atom is -0.497 e. The fourth-order valence-electron chi connectivity index (χ4n) is 5.00. The van der Waals surface area contributed by atoms with Gasteiger partial charge in [-0.1, -0.05) is 85.1 Å². The molecule has 1 N–H and O–H groups in total. The van der Waals surface area contributed by atoms with Crippen molar-refractivity contribution in [2.75, 3.05) is 24.5 Å². The van der Waals surface area contributed by atoms with E-state index in [4.69, 9.17) is 16.3 Å². The van der Waals surface area contributed by atoms with E-state index in [0.717, 1.165) is 33.8 Å². The fraction of sp³-hybridized carbons (Fsp3) is 0.278. The van der Waals surface area contributed by atoms with Crippen LogP contribution in [0.3, 0.4) is 0 Å². The van der Waals surface area contributed by atoms with Gasteiger partial charge in [-0.3, -0.25) is 13.9 Å². The summed E-state index contributed by atoms with van der Waals surface area (Å²) in [7, 11) is -2.65. The van der Waals surface area contributed by atoms with Gasteiger partial charge in [-0.15, -0.1) is 0 Å². The zero-order valence-electron chi connectivity index (χ0n) is 26.4. The number of amides is 2. The molecule has 1 atom stereocenters. The third-order valence-electron chi connectivity index (χ3n) is 7.59. The lowest BCUT2D eigenvalue weighted by atomic mass is 10.0. The van der Waals surface area contributed by atoms with Gasteiger partial charge in [-0.2, -0.15) is 0 Å². The number of nitrogens with one attached hydrogen (secondary N) is 1. The van der Waals surface area contributed by atoms with Crippen LogP contribution in [0.25, 0.3) is 0 Å². The van der Waals surface area contributed by atoms with E-state index in [1.54, 1.807) is 43.5 Å². The van der Waals surface area contributed by atoms with Gasteiger partial charge in [0.2, 0.25) is 11.8 Å². The van der Waals surface area contributed by atoms with Crippen LogP contribution in [0.2, 0.25) is 5.02 Å². The first-order valence-electron chi connectivity index (χ1n) is 15.2. The maximum atomic E-state index is 14.5. The first-order chi connectivity index (χ1) is 22.1. The van der Waals surface area contributed by atoms with E-state index >= 15 is 0 Å². The van der Waals surface area contributed by atoms with Crippen molar-refractivity contribution in [3.05, 3.63) is 125 Å². The van der Waals surface area contributed by atoms with Crippen LogP contribution in [-0.4, -0.2) is 51.4 Å². The quantitative estimate of drug-likeness (QED) is 0.149. The van der Waals surface area contributed by atoms with Crippen LogP contribution in [-0.2, 0) is 32.6 Å². The van der Waals surface area contributed by atoms with E-state index in [2.05, 4.69) is 5.32 Å². The van der Waals surface area contributed by atoms with Crippen molar-refractivity contribution in [2.45, 2.75) is 50.6 Å². The largest absolute Gasteiger partial charge is 0.497 e. The molecule has 0 spiro atoms. The van der Waals surface area contributed by atoms with Crippen molar-refractivity contribution >= 4 is 39.1 Å². The number of benzene rings is 4. The number of unbranched alkanes of at least 4 members (excludes halogenated alkanes) is 1. The summed E-state index contributed by atoms with van der Waals surface area (Å²) in [5.41, 5.74) is 2.85. The number of halogens is 1. The van der Waals surface area contributed by atoms with Crippen molar-refractivity contribution in [3.8, 4) is 5.75 Å². The van der Waals surface area contributed by atoms with Crippen LogP contribution in [0.15, 0.2) is 108 Å². The van der Waals surface area contributed by atoms with Gasteiger partial charge >= 0.3 is 0 Å². The number of hydrogen-bond donors (Lipinski definition) is 1. The molecule has 2 amide bonds. The lowest BCUT2D eigenvalue weighted by molar-refractivity contribution is -0.140. The van der Waals surface area contributed by atoms with E-state index in [9.17, 15) is 18.0 Å². The van der Waals surface area contributed by atoms with Gasteiger partial charge in [0, 0.05) is 24.5 Å². The molecule has 0 unspecified atom stereocenters. The van der Waals surface area contributed by atoms with Crippen molar-refractivity contribution in [1.29, 1.82) is 0 Å². The zero-order chi connectivity index (χ0) is 33.1. The molecular formula is C36H40ClN3O5S. The molecule has 0 radical (unpaired) electrons. The van der Waals surface area contributed by atoms with Crippen LogP contribution in [0, 0.1) is 6.92 Å². The van der Waals surface area contributed by atoms with Crippen LogP contribution >= 0.6 is 11.6 Å². The monoisotopic (exact) mass is 661 g/mol. The first kappa shape index (κ1) is 34.5. The van der Waals surface area contributed by atoms with Gasteiger partial charge in [0.1, 0.15) is 18.3 Å². The molecule has 0 heterocycles. The topological polar surface area (TPSA) is 96.0 Å². The van der Waals surface area contributed by atoms with E-state index in [1.165, 1.54) is 29.2 Å². The average molecular weight is 662 g/mol. The number of anilines is 1. The normalized spacial score (nSPS) is 11.8. The second kappa shape index (κ2) is 16.3. The summed E-state index contributed by atoms with van der Waals surface area (Å²) in [4.78, 5) is 29.9. The highest BCUT2D eigenvalue weighted by molar-refractivity contribution is 7.92. The lowest BCUT2D eigenvalue weighted by Gasteiger charge is -2.34. The Bertz CT molecular complexity index is 1700. The molecular weight excluding hydrogens is 622 g/mol. The maximum Gasteiger partial charge on any atom is 0.264 e. The zero-order valence-corrected chi connectivity index (χ0v) is 27.9. The molecule has 8 nitrogen and oxygen atoms in total. The highest BCUT2D eigenvalue weighted by atomic mass is 35.5. The second-order valence-corrected chi connectivity index (χ2v) is 13.3. The Hall–Kier alpha value is -4.34. The lowest BCUT2D eigenvalue weighted by Crippen LogP contribution is -2.53. The van der Waals surface area contributed by atoms with E-state index < -0.39 is 28.5 Å². The van der Waals surface area contributed by atoms with E-state index in [0.29, 0.717) is 23.0 Å². The minimum atomic E-state index is -4.21. The molecule has 0 saturated carbocycles. The predicted molar refractivity (Wildman–Crippen MR) is 183 cm³/mol. The number of aryl methyl sites for hydroxylation is 1. The molecule has 46 heavy (non-hydrogen) atoms. The van der Waals surface area contributed by atoms with Crippen LogP contribution in [0.4, 0.5) is 5.69 Å². The molecule has 0 saturated heterocycles. The minimum absolute atomic E-state index is 0.0113. The summed E-state index contributed by atoms with van der Waals surface area (Å²) >= 11 is 6.06. The van der Waals surface area contributed by atoms with Gasteiger partial charge in [-0.05, 0) is 73.0 Å². The third-order valence-corrected chi connectivity index (χ3v) is 9.63. The van der Waals surface area contributed by atoms with Crippen molar-refractivity contribution in [1.82, 2.24) is 10.2 Å². The number of nitrogens with zero attached hydrogens (tertiary/aromatic N) is 2. The Morgan fingerprint density at radius 3 is 2.22 bits per heavy atom. The standard InChI is InChI=1S/C36H40ClN3O5S/c1-4-5-22-38-36(42)34(24-28-10-7-6-8-11-28)39(25-29-12-9-13-32(23-29)45-3)35(41)26-40(31-18-14-27(2)15-19-31)46(43,44)33-20-16-30(37)17-21-33/h6-21,23,34H,4-5,22,24-26H2,1-3H3,(H,38,42)/t34-/m1/s1. The van der Waals surface area contributed by atoms with E-state index in [-0.39, 0.29) is 23.8 Å². The number of rotatable bonds is 15. The molecule has 4 rings (SSSR count). The summed E-state index contributed by atoms with van der Waals surface area (Å²) < 4.78 is 34.7. The summed E-state index contributed by atoms with van der Waals surface area (Å²) in [5.74, 6) is -0.244. The fourth-order valence-corrected chi connectivity index (χ4v) is 6.54. The van der Waals surface area contributed by atoms with Crippen LogP contribution in [0.5, 0.6) is 5.75 Å². The summed E-state index contributed by atoms with van der Waals surface area (Å²) in [6.45, 7) is 3.91. The molecule has 0 fully saturated rings. The first-order valence-corrected chi connectivity index (χ1v) is 17.0. The highest BCUT2D eigenvalue weighted by Gasteiger charge is 2.34. The molecule has 0 bridgehead atoms. The van der Waals surface area contributed by atoms with Crippen LogP contribution in [0.1, 0.15) is 36.5 Å². The van der Waals surface area contributed by atoms with Gasteiger partial charge in [0.25, 0.3) is 10.0 Å². The average Bonchev–Trinajstić information content (AvgIpc) is 3.06. The number of hydrogen-bond acceptors (Lipinski definition) is 5. The van der Waals surface area contributed by atoms with Crippen LogP contribution < -0.4 is 14.4 Å². The summed E-state index contributed by atoms with van der Waals surface area (Å²) in [5, 5.41) is 3.39. The Labute approximate surface area is 277 Å². The summed E-state index contributed by atoms with van der Waals surface area (Å²) in [6, 6.07) is 28.5. The molecule has 10 heteroatoms. The van der Waals surface area contributed by atoms with Crippen molar-refractivity contribution in [3.63, 3.8) is 0 Å². The Morgan fingerprint density at radius 2 is 1.57 bits per heavy atom. The molecule has 0 aliphatic heterocycles. The smallest absolute Gasteiger partial charge is 0.264 e. The molecule has 0 aliphatic carbocycles. The molecule has 0 aliphatic rings. The second-order valence-electron chi connectivity index (χ2n) is 11.0. The Kier molecular flexibility index (Phi) is 12.2.